The minimum Gasteiger partial charge on any atom is -0.393 e. The Hall–Kier alpha value is 0.250. The molecule has 0 saturated heterocycles. The van der Waals surface area contributed by atoms with Gasteiger partial charge in [-0.05, 0) is 67.6 Å². The second-order valence-corrected chi connectivity index (χ2v) is 6.86. The molecular weight excluding hydrogens is 208 g/mol. The zero-order chi connectivity index (χ0) is 10.2. The number of fused-ring (bicyclic) bond motifs is 2. The maximum atomic E-state index is 10.5. The molecule has 15 heavy (non-hydrogen) atoms. The molecule has 0 heterocycles. The summed E-state index contributed by atoms with van der Waals surface area (Å²) in [6.45, 7) is 0. The van der Waals surface area contributed by atoms with Crippen LogP contribution >= 0.6 is 11.6 Å². The number of rotatable bonds is 0. The highest BCUT2D eigenvalue weighted by atomic mass is 35.5. The number of hydrogen-bond donors (Lipinski definition) is 1. The van der Waals surface area contributed by atoms with Crippen molar-refractivity contribution in [1.29, 1.82) is 0 Å². The van der Waals surface area contributed by atoms with Crippen molar-refractivity contribution in [3.63, 3.8) is 0 Å². The third-order valence-corrected chi connectivity index (χ3v) is 6.56. The smallest absolute Gasteiger partial charge is 0.0605 e. The van der Waals surface area contributed by atoms with E-state index in [0.29, 0.717) is 23.1 Å². The molecule has 84 valence electrons. The van der Waals surface area contributed by atoms with E-state index in [1.54, 1.807) is 0 Å². The number of aliphatic hydroxyl groups is 1. The Balaban J connectivity index is 1.82. The van der Waals surface area contributed by atoms with Crippen molar-refractivity contribution >= 4 is 11.6 Å². The molecule has 0 aromatic heterocycles. The molecule has 4 rings (SSSR count). The van der Waals surface area contributed by atoms with Gasteiger partial charge < -0.3 is 5.11 Å². The van der Waals surface area contributed by atoms with Gasteiger partial charge in [0.25, 0.3) is 0 Å². The third kappa shape index (κ3) is 1.000. The van der Waals surface area contributed by atoms with Crippen LogP contribution in [0.5, 0.6) is 0 Å². The average molecular weight is 227 g/mol. The molecule has 8 atom stereocenters. The molecular formula is C13H19ClO. The van der Waals surface area contributed by atoms with E-state index >= 15 is 0 Å². The van der Waals surface area contributed by atoms with Gasteiger partial charge in [0.1, 0.15) is 0 Å². The molecule has 0 amide bonds. The molecule has 2 heteroatoms. The van der Waals surface area contributed by atoms with Crippen LogP contribution in [0.2, 0.25) is 0 Å². The van der Waals surface area contributed by atoms with Crippen LogP contribution in [0.25, 0.3) is 0 Å². The maximum Gasteiger partial charge on any atom is 0.0605 e. The summed E-state index contributed by atoms with van der Waals surface area (Å²) in [6, 6.07) is 0. The quantitative estimate of drug-likeness (QED) is 0.630. The molecule has 0 aromatic carbocycles. The molecule has 4 fully saturated rings. The summed E-state index contributed by atoms with van der Waals surface area (Å²) in [6.07, 6.45) is 6.51. The van der Waals surface area contributed by atoms with E-state index < -0.39 is 0 Å². The summed E-state index contributed by atoms with van der Waals surface area (Å²) < 4.78 is 0. The second-order valence-electron chi connectivity index (χ2n) is 6.30. The summed E-state index contributed by atoms with van der Waals surface area (Å²) in [5, 5.41) is 10.8. The van der Waals surface area contributed by atoms with Crippen LogP contribution in [0.3, 0.4) is 0 Å². The van der Waals surface area contributed by atoms with E-state index in [1.807, 2.05) is 0 Å². The zero-order valence-electron chi connectivity index (χ0n) is 8.98. The van der Waals surface area contributed by atoms with Gasteiger partial charge in [0.15, 0.2) is 0 Å². The first-order chi connectivity index (χ1) is 7.27. The van der Waals surface area contributed by atoms with Gasteiger partial charge in [-0.25, -0.2) is 0 Å². The minimum absolute atomic E-state index is 0.000880. The van der Waals surface area contributed by atoms with Crippen LogP contribution < -0.4 is 0 Å². The first-order valence-corrected chi connectivity index (χ1v) is 7.03. The third-order valence-electron chi connectivity index (χ3n) is 6.05. The molecule has 0 aliphatic heterocycles. The van der Waals surface area contributed by atoms with Gasteiger partial charge in [0, 0.05) is 5.38 Å². The topological polar surface area (TPSA) is 20.2 Å². The summed E-state index contributed by atoms with van der Waals surface area (Å²) in [4.78, 5) is 0. The highest BCUT2D eigenvalue weighted by Gasteiger charge is 2.62. The predicted octanol–water partition coefficient (Wildman–Crippen LogP) is 2.66. The zero-order valence-corrected chi connectivity index (χ0v) is 9.74. The predicted molar refractivity (Wildman–Crippen MR) is 59.7 cm³/mol. The van der Waals surface area contributed by atoms with Crippen molar-refractivity contribution in [2.45, 2.75) is 43.6 Å². The van der Waals surface area contributed by atoms with Gasteiger partial charge in [-0.3, -0.25) is 0 Å². The lowest BCUT2D eigenvalue weighted by Crippen LogP contribution is -2.53. The first-order valence-electron chi connectivity index (χ1n) is 6.59. The number of aliphatic hydroxyl groups excluding tert-OH is 1. The van der Waals surface area contributed by atoms with Crippen molar-refractivity contribution in [3.8, 4) is 0 Å². The Bertz CT molecular complexity index is 290. The summed E-state index contributed by atoms with van der Waals surface area (Å²) in [5.41, 5.74) is 0. The van der Waals surface area contributed by atoms with E-state index in [2.05, 4.69) is 0 Å². The second kappa shape index (κ2) is 2.92. The normalized spacial score (nSPS) is 66.0. The van der Waals surface area contributed by atoms with Crippen LogP contribution in [0.1, 0.15) is 32.1 Å². The van der Waals surface area contributed by atoms with Gasteiger partial charge in [-0.15, -0.1) is 11.6 Å². The summed E-state index contributed by atoms with van der Waals surface area (Å²) in [7, 11) is 0. The largest absolute Gasteiger partial charge is 0.393 e. The number of halogens is 1. The van der Waals surface area contributed by atoms with E-state index in [0.717, 1.165) is 17.8 Å². The lowest BCUT2D eigenvalue weighted by atomic mass is 9.55. The molecule has 4 aliphatic rings. The lowest BCUT2D eigenvalue weighted by molar-refractivity contribution is -0.0981. The molecule has 0 radical (unpaired) electrons. The van der Waals surface area contributed by atoms with Crippen LogP contribution in [0.4, 0.5) is 0 Å². The summed E-state index contributed by atoms with van der Waals surface area (Å²) in [5.74, 6) is 4.43. The van der Waals surface area contributed by atoms with Crippen molar-refractivity contribution in [2.75, 3.05) is 0 Å². The van der Waals surface area contributed by atoms with Crippen LogP contribution in [-0.4, -0.2) is 16.6 Å². The van der Waals surface area contributed by atoms with Crippen LogP contribution in [-0.2, 0) is 0 Å². The fourth-order valence-electron chi connectivity index (χ4n) is 5.69. The van der Waals surface area contributed by atoms with Crippen molar-refractivity contribution in [2.24, 2.45) is 35.5 Å². The van der Waals surface area contributed by atoms with E-state index in [4.69, 9.17) is 11.6 Å². The van der Waals surface area contributed by atoms with Crippen molar-refractivity contribution in [1.82, 2.24) is 0 Å². The highest BCUT2D eigenvalue weighted by Crippen LogP contribution is 2.65. The number of alkyl halides is 1. The lowest BCUT2D eigenvalue weighted by Gasteiger charge is -2.53. The molecule has 0 aromatic rings. The van der Waals surface area contributed by atoms with Gasteiger partial charge in [-0.1, -0.05) is 0 Å². The van der Waals surface area contributed by atoms with Crippen LogP contribution in [0, 0.1) is 35.5 Å². The van der Waals surface area contributed by atoms with Crippen LogP contribution in [0.15, 0.2) is 0 Å². The van der Waals surface area contributed by atoms with E-state index in [-0.39, 0.29) is 6.10 Å². The average Bonchev–Trinajstić information content (AvgIpc) is 2.39. The van der Waals surface area contributed by atoms with Gasteiger partial charge in [0.05, 0.1) is 6.10 Å². The molecule has 1 nitrogen and oxygen atoms in total. The van der Waals surface area contributed by atoms with Gasteiger partial charge in [-0.2, -0.15) is 0 Å². The SMILES string of the molecule is OC1C2CCC3CC4C(CCC(Cl)C24)C31. The Morgan fingerprint density at radius 3 is 2.53 bits per heavy atom. The maximum absolute atomic E-state index is 10.5. The van der Waals surface area contributed by atoms with E-state index in [9.17, 15) is 5.11 Å². The molecule has 4 aliphatic carbocycles. The molecule has 8 unspecified atom stereocenters. The van der Waals surface area contributed by atoms with Crippen molar-refractivity contribution < 1.29 is 5.11 Å². The fraction of sp³-hybridized carbons (Fsp3) is 1.00. The standard InChI is InChI=1S/C13H19ClO/c14-10-4-3-7-9-5-6-1-2-8(12(9)10)13(15)11(6)7/h6-13,15H,1-5H2. The van der Waals surface area contributed by atoms with Gasteiger partial charge in [0.2, 0.25) is 0 Å². The summed E-state index contributed by atoms with van der Waals surface area (Å²) >= 11 is 6.52. The Labute approximate surface area is 96.2 Å². The fourth-order valence-corrected chi connectivity index (χ4v) is 6.19. The Morgan fingerprint density at radius 2 is 1.67 bits per heavy atom. The number of hydrogen-bond acceptors (Lipinski definition) is 1. The minimum atomic E-state index is -0.000880. The van der Waals surface area contributed by atoms with Crippen molar-refractivity contribution in [3.05, 3.63) is 0 Å². The monoisotopic (exact) mass is 226 g/mol. The van der Waals surface area contributed by atoms with Gasteiger partial charge >= 0.3 is 0 Å². The highest BCUT2D eigenvalue weighted by molar-refractivity contribution is 6.20. The molecule has 0 spiro atoms. The molecule has 4 saturated carbocycles. The Kier molecular flexibility index (Phi) is 1.81. The Morgan fingerprint density at radius 1 is 0.867 bits per heavy atom. The molecule has 5 bridgehead atoms. The first kappa shape index (κ1) is 9.30. The van der Waals surface area contributed by atoms with E-state index in [1.165, 1.54) is 32.1 Å². The molecule has 1 N–H and O–H groups in total.